The van der Waals surface area contributed by atoms with Gasteiger partial charge in [-0.1, -0.05) is 0 Å². The van der Waals surface area contributed by atoms with E-state index in [0.29, 0.717) is 25.9 Å². The van der Waals surface area contributed by atoms with Gasteiger partial charge in [-0.25, -0.2) is 0 Å². The van der Waals surface area contributed by atoms with Gasteiger partial charge in [-0.3, -0.25) is 0 Å². The molecule has 0 saturated heterocycles. The van der Waals surface area contributed by atoms with Crippen LogP contribution < -0.4 is 5.32 Å². The molecule has 12 heavy (non-hydrogen) atoms. The van der Waals surface area contributed by atoms with Crippen LogP contribution in [0.5, 0.6) is 0 Å². The van der Waals surface area contributed by atoms with E-state index < -0.39 is 0 Å². The van der Waals surface area contributed by atoms with E-state index in [2.05, 4.69) is 10.1 Å². The molecule has 4 heteroatoms. The Kier molecular flexibility index (Phi) is 19.2. The monoisotopic (exact) mass is 175 g/mol. The molecule has 0 fully saturated rings. The van der Waals surface area contributed by atoms with Gasteiger partial charge in [-0.2, -0.15) is 0 Å². The molecule has 0 atom stereocenters. The highest BCUT2D eigenvalue weighted by Gasteiger charge is 1.83. The summed E-state index contributed by atoms with van der Waals surface area (Å²) in [5.74, 6) is 0. The van der Waals surface area contributed by atoms with Crippen LogP contribution in [0.4, 0.5) is 0 Å². The average Bonchev–Trinajstić information content (AvgIpc) is 2.06. The second-order valence-electron chi connectivity index (χ2n) is 2.07. The van der Waals surface area contributed by atoms with Crippen LogP contribution in [0, 0.1) is 0 Å². The summed E-state index contributed by atoms with van der Waals surface area (Å²) in [5, 5.41) is 2.92. The highest BCUT2D eigenvalue weighted by Crippen LogP contribution is 1.69. The van der Waals surface area contributed by atoms with Crippen LogP contribution in [0.2, 0.25) is 0 Å². The van der Waals surface area contributed by atoms with E-state index in [0.717, 1.165) is 12.6 Å². The van der Waals surface area contributed by atoms with Gasteiger partial charge < -0.3 is 19.6 Å². The smallest absolute Gasteiger partial charge is 0.121 e. The van der Waals surface area contributed by atoms with Gasteiger partial charge in [-0.05, 0) is 0 Å². The average molecular weight is 175 g/mol. The topological polar surface area (TPSA) is 55.4 Å². The Morgan fingerprint density at radius 1 is 1.08 bits per heavy atom. The van der Waals surface area contributed by atoms with Crippen molar-refractivity contribution >= 4 is 12.6 Å². The first-order valence-corrected chi connectivity index (χ1v) is 3.81. The number of carbonyl (C=O) groups excluding carboxylic acids is 2. The number of ether oxygens (including phenoxy) is 1. The predicted molar refractivity (Wildman–Crippen MR) is 47.2 cm³/mol. The number of rotatable bonds is 6. The van der Waals surface area contributed by atoms with Gasteiger partial charge in [0.2, 0.25) is 0 Å². The number of methoxy groups -OCH3 is 1. The summed E-state index contributed by atoms with van der Waals surface area (Å²) in [6.07, 6.45) is 2.76. The molecule has 72 valence electrons. The molecule has 0 aliphatic heterocycles. The molecule has 0 heterocycles. The molecule has 0 aromatic carbocycles. The van der Waals surface area contributed by atoms with Gasteiger partial charge in [0.25, 0.3) is 0 Å². The third-order valence-corrected chi connectivity index (χ3v) is 0.878. The fourth-order valence-corrected chi connectivity index (χ4v) is 0.447. The minimum Gasteiger partial charge on any atom is -0.388 e. The molecule has 0 aromatic heterocycles. The van der Waals surface area contributed by atoms with Crippen molar-refractivity contribution in [2.75, 3.05) is 27.3 Å². The van der Waals surface area contributed by atoms with Gasteiger partial charge >= 0.3 is 0 Å². The first kappa shape index (κ1) is 13.8. The molecule has 0 rings (SSSR count). The lowest BCUT2D eigenvalue weighted by atomic mass is 10.4. The molecule has 0 aliphatic carbocycles. The first-order valence-electron chi connectivity index (χ1n) is 3.81. The highest BCUT2D eigenvalue weighted by molar-refractivity contribution is 5.50. The Bertz CT molecular complexity index is 86.3. The largest absolute Gasteiger partial charge is 0.388 e. The standard InChI is InChI=1S/C6H11NO2.C2H6O/c8-5-1-3-7-4-2-6-9;1-3-2/h5-7H,1-4H2;1-2H3. The van der Waals surface area contributed by atoms with Gasteiger partial charge in [-0.15, -0.1) is 0 Å². The van der Waals surface area contributed by atoms with E-state index >= 15 is 0 Å². The van der Waals surface area contributed by atoms with Crippen LogP contribution in [0.15, 0.2) is 0 Å². The fourth-order valence-electron chi connectivity index (χ4n) is 0.447. The van der Waals surface area contributed by atoms with Crippen molar-refractivity contribution in [3.8, 4) is 0 Å². The Labute approximate surface area is 73.3 Å². The van der Waals surface area contributed by atoms with Crippen molar-refractivity contribution < 1.29 is 14.3 Å². The van der Waals surface area contributed by atoms with E-state index in [1.807, 2.05) is 0 Å². The SMILES string of the molecule is COC.O=CCCNCCC=O. The molecular weight excluding hydrogens is 158 g/mol. The lowest BCUT2D eigenvalue weighted by Gasteiger charge is -1.94. The van der Waals surface area contributed by atoms with Crippen molar-refractivity contribution in [1.29, 1.82) is 0 Å². The lowest BCUT2D eigenvalue weighted by Crippen LogP contribution is -2.16. The molecular formula is C8H17NO3. The van der Waals surface area contributed by atoms with Gasteiger partial charge in [0.1, 0.15) is 12.6 Å². The second kappa shape index (κ2) is 16.7. The third kappa shape index (κ3) is 22.8. The molecule has 0 bridgehead atoms. The third-order valence-electron chi connectivity index (χ3n) is 0.878. The zero-order valence-corrected chi connectivity index (χ0v) is 7.71. The summed E-state index contributed by atoms with van der Waals surface area (Å²) in [7, 11) is 3.25. The Morgan fingerprint density at radius 2 is 1.42 bits per heavy atom. The van der Waals surface area contributed by atoms with Gasteiger partial charge in [0.15, 0.2) is 0 Å². The van der Waals surface area contributed by atoms with Gasteiger partial charge in [0, 0.05) is 40.2 Å². The van der Waals surface area contributed by atoms with Crippen molar-refractivity contribution in [2.24, 2.45) is 0 Å². The zero-order chi connectivity index (χ0) is 9.66. The maximum atomic E-state index is 9.73. The molecule has 4 nitrogen and oxygen atoms in total. The summed E-state index contributed by atoms with van der Waals surface area (Å²) in [6, 6.07) is 0. The minimum atomic E-state index is 0.527. The van der Waals surface area contributed by atoms with Crippen molar-refractivity contribution in [3.05, 3.63) is 0 Å². The number of hydrogen-bond acceptors (Lipinski definition) is 4. The van der Waals surface area contributed by atoms with Gasteiger partial charge in [0.05, 0.1) is 0 Å². The molecule has 1 N–H and O–H groups in total. The second-order valence-corrected chi connectivity index (χ2v) is 2.07. The summed E-state index contributed by atoms with van der Waals surface area (Å²) in [6.45, 7) is 1.36. The van der Waals surface area contributed by atoms with Crippen LogP contribution in [0.3, 0.4) is 0 Å². The van der Waals surface area contributed by atoms with Crippen molar-refractivity contribution in [3.63, 3.8) is 0 Å². The van der Waals surface area contributed by atoms with Crippen molar-refractivity contribution in [2.45, 2.75) is 12.8 Å². The molecule has 0 radical (unpaired) electrons. The van der Waals surface area contributed by atoms with Crippen LogP contribution in [0.1, 0.15) is 12.8 Å². The Balaban J connectivity index is 0. The molecule has 0 unspecified atom stereocenters. The number of carbonyl (C=O) groups is 2. The first-order chi connectivity index (χ1) is 5.83. The van der Waals surface area contributed by atoms with Crippen LogP contribution >= 0.6 is 0 Å². The molecule has 0 aromatic rings. The molecule has 0 saturated carbocycles. The van der Waals surface area contributed by atoms with E-state index in [4.69, 9.17) is 0 Å². The van der Waals surface area contributed by atoms with E-state index in [1.165, 1.54) is 0 Å². The summed E-state index contributed by atoms with van der Waals surface area (Å²) >= 11 is 0. The maximum Gasteiger partial charge on any atom is 0.121 e. The van der Waals surface area contributed by atoms with Crippen LogP contribution in [-0.2, 0) is 14.3 Å². The van der Waals surface area contributed by atoms with Crippen LogP contribution in [0.25, 0.3) is 0 Å². The van der Waals surface area contributed by atoms with E-state index in [-0.39, 0.29) is 0 Å². The number of hydrogen-bond donors (Lipinski definition) is 1. The molecule has 0 amide bonds. The van der Waals surface area contributed by atoms with Crippen molar-refractivity contribution in [1.82, 2.24) is 5.32 Å². The fraction of sp³-hybridized carbons (Fsp3) is 0.750. The summed E-state index contributed by atoms with van der Waals surface area (Å²) < 4.78 is 4.25. The Hall–Kier alpha value is -0.740. The van der Waals surface area contributed by atoms with Crippen LogP contribution in [-0.4, -0.2) is 39.9 Å². The predicted octanol–water partition coefficient (Wildman–Crippen LogP) is 0.0166. The normalized spacial score (nSPS) is 8.17. The Morgan fingerprint density at radius 3 is 1.67 bits per heavy atom. The number of nitrogens with one attached hydrogen (secondary N) is 1. The summed E-state index contributed by atoms with van der Waals surface area (Å²) in [5.41, 5.74) is 0. The molecule has 0 aliphatic rings. The zero-order valence-electron chi connectivity index (χ0n) is 7.71. The quantitative estimate of drug-likeness (QED) is 0.456. The van der Waals surface area contributed by atoms with E-state index in [9.17, 15) is 9.59 Å². The number of aldehydes is 2. The lowest BCUT2D eigenvalue weighted by molar-refractivity contribution is -0.108. The minimum absolute atomic E-state index is 0.527. The summed E-state index contributed by atoms with van der Waals surface area (Å²) in [4.78, 5) is 19.5. The van der Waals surface area contributed by atoms with E-state index in [1.54, 1.807) is 14.2 Å². The molecule has 0 spiro atoms. The highest BCUT2D eigenvalue weighted by atomic mass is 16.4. The maximum absolute atomic E-state index is 9.73.